The highest BCUT2D eigenvalue weighted by Crippen LogP contribution is 2.19. The number of nitrogens with one attached hydrogen (secondary N) is 1. The van der Waals surface area contributed by atoms with E-state index in [-0.39, 0.29) is 18.3 Å². The Labute approximate surface area is 169 Å². The largest absolute Gasteiger partial charge is 0.491 e. The molecule has 1 atom stereocenters. The third kappa shape index (κ3) is 5.04. The van der Waals surface area contributed by atoms with Crippen molar-refractivity contribution in [3.63, 3.8) is 0 Å². The molecule has 2 heterocycles. The molecule has 1 aliphatic heterocycles. The van der Waals surface area contributed by atoms with Crippen LogP contribution < -0.4 is 10.1 Å². The average Bonchev–Trinajstić information content (AvgIpc) is 3.28. The Hall–Kier alpha value is -3.09. The molecule has 1 aromatic heterocycles. The number of furan rings is 1. The van der Waals surface area contributed by atoms with Gasteiger partial charge < -0.3 is 19.6 Å². The number of amides is 1. The molecule has 0 radical (unpaired) electrons. The van der Waals surface area contributed by atoms with Gasteiger partial charge in [0.1, 0.15) is 18.5 Å². The number of carbonyl (C=O) groups excluding carboxylic acids is 1. The molecule has 0 saturated carbocycles. The molecule has 6 heteroatoms. The van der Waals surface area contributed by atoms with E-state index < -0.39 is 6.10 Å². The van der Waals surface area contributed by atoms with Crippen LogP contribution in [0.2, 0.25) is 0 Å². The molecule has 4 rings (SSSR count). The molecule has 0 fully saturated rings. The van der Waals surface area contributed by atoms with Crippen molar-refractivity contribution in [3.8, 4) is 5.75 Å². The first-order valence-electron chi connectivity index (χ1n) is 9.72. The van der Waals surface area contributed by atoms with Gasteiger partial charge in [0.2, 0.25) is 0 Å². The summed E-state index contributed by atoms with van der Waals surface area (Å²) in [5, 5.41) is 13.1. The second-order valence-electron chi connectivity index (χ2n) is 7.17. The highest BCUT2D eigenvalue weighted by Gasteiger charge is 2.18. The lowest BCUT2D eigenvalue weighted by Crippen LogP contribution is -2.38. The molecule has 0 saturated heterocycles. The van der Waals surface area contributed by atoms with Gasteiger partial charge in [-0.3, -0.25) is 9.69 Å². The second kappa shape index (κ2) is 8.94. The van der Waals surface area contributed by atoms with E-state index in [1.165, 1.54) is 17.4 Å². The van der Waals surface area contributed by atoms with Crippen LogP contribution in [0.3, 0.4) is 0 Å². The molecule has 2 aromatic carbocycles. The van der Waals surface area contributed by atoms with Crippen LogP contribution in [0.4, 0.5) is 5.69 Å². The minimum absolute atomic E-state index is 0.218. The summed E-state index contributed by atoms with van der Waals surface area (Å²) in [6.45, 7) is 2.59. The molecule has 2 N–H and O–H groups in total. The molecular weight excluding hydrogens is 368 g/mol. The van der Waals surface area contributed by atoms with E-state index in [0.717, 1.165) is 19.5 Å². The molecular formula is C23H24N2O4. The summed E-state index contributed by atoms with van der Waals surface area (Å²) in [6, 6.07) is 18.8. The number of β-amino-alcohol motifs (C(OH)–C–C–N with tert-alkyl or cyclic N) is 1. The maximum absolute atomic E-state index is 12.0. The maximum Gasteiger partial charge on any atom is 0.291 e. The van der Waals surface area contributed by atoms with Crippen LogP contribution in [0.1, 0.15) is 21.7 Å². The van der Waals surface area contributed by atoms with Crippen molar-refractivity contribution in [2.45, 2.75) is 19.1 Å². The minimum Gasteiger partial charge on any atom is -0.491 e. The van der Waals surface area contributed by atoms with Gasteiger partial charge in [-0.2, -0.15) is 0 Å². The fourth-order valence-electron chi connectivity index (χ4n) is 3.49. The Morgan fingerprint density at radius 1 is 1.10 bits per heavy atom. The predicted molar refractivity (Wildman–Crippen MR) is 110 cm³/mol. The summed E-state index contributed by atoms with van der Waals surface area (Å²) in [7, 11) is 0. The average molecular weight is 392 g/mol. The zero-order valence-electron chi connectivity index (χ0n) is 16.1. The molecule has 0 aliphatic carbocycles. The number of anilines is 1. The number of hydrogen-bond acceptors (Lipinski definition) is 5. The highest BCUT2D eigenvalue weighted by atomic mass is 16.5. The van der Waals surface area contributed by atoms with Gasteiger partial charge in [0.25, 0.3) is 5.91 Å². The summed E-state index contributed by atoms with van der Waals surface area (Å²) in [5.74, 6) is 0.597. The van der Waals surface area contributed by atoms with Crippen molar-refractivity contribution in [3.05, 3.63) is 83.8 Å². The van der Waals surface area contributed by atoms with Gasteiger partial charge in [-0.05, 0) is 53.9 Å². The standard InChI is InChI=1S/C23H24N2O4/c26-20(15-25-12-11-17-4-1-2-5-18(17)14-25)16-29-21-9-7-19(8-10-21)24-23(27)22-6-3-13-28-22/h1-10,13,20,26H,11-12,14-16H2,(H,24,27). The summed E-state index contributed by atoms with van der Waals surface area (Å²) >= 11 is 0. The Balaban J connectivity index is 1.23. The van der Waals surface area contributed by atoms with Gasteiger partial charge in [-0.25, -0.2) is 0 Å². The molecule has 0 bridgehead atoms. The minimum atomic E-state index is -0.571. The number of fused-ring (bicyclic) bond motifs is 1. The Kier molecular flexibility index (Phi) is 5.93. The van der Waals surface area contributed by atoms with Gasteiger partial charge in [0.15, 0.2) is 5.76 Å². The van der Waals surface area contributed by atoms with Crippen LogP contribution in [0.5, 0.6) is 5.75 Å². The van der Waals surface area contributed by atoms with Crippen LogP contribution in [-0.4, -0.2) is 41.7 Å². The Bertz CT molecular complexity index is 938. The number of aliphatic hydroxyl groups is 1. The smallest absolute Gasteiger partial charge is 0.291 e. The monoisotopic (exact) mass is 392 g/mol. The normalized spacial score (nSPS) is 14.8. The molecule has 6 nitrogen and oxygen atoms in total. The Morgan fingerprint density at radius 2 is 1.90 bits per heavy atom. The van der Waals surface area contributed by atoms with Crippen molar-refractivity contribution < 1.29 is 19.1 Å². The number of nitrogens with zero attached hydrogens (tertiary/aromatic N) is 1. The number of benzene rings is 2. The first-order valence-corrected chi connectivity index (χ1v) is 9.72. The summed E-state index contributed by atoms with van der Waals surface area (Å²) in [6.07, 6.45) is 1.90. The second-order valence-corrected chi connectivity index (χ2v) is 7.17. The zero-order valence-corrected chi connectivity index (χ0v) is 16.1. The first kappa shape index (κ1) is 19.2. The first-order chi connectivity index (χ1) is 14.2. The SMILES string of the molecule is O=C(Nc1ccc(OCC(O)CN2CCc3ccccc3C2)cc1)c1ccco1. The molecule has 3 aromatic rings. The number of hydrogen-bond donors (Lipinski definition) is 2. The molecule has 29 heavy (non-hydrogen) atoms. The number of rotatable bonds is 7. The molecule has 0 spiro atoms. The lowest BCUT2D eigenvalue weighted by molar-refractivity contribution is 0.0638. The van der Waals surface area contributed by atoms with Crippen molar-refractivity contribution in [1.82, 2.24) is 4.90 Å². The van der Waals surface area contributed by atoms with E-state index in [1.807, 2.05) is 0 Å². The topological polar surface area (TPSA) is 74.9 Å². The third-order valence-electron chi connectivity index (χ3n) is 4.98. The van der Waals surface area contributed by atoms with Crippen LogP contribution in [0, 0.1) is 0 Å². The van der Waals surface area contributed by atoms with Gasteiger partial charge in [0, 0.05) is 25.3 Å². The van der Waals surface area contributed by atoms with Crippen LogP contribution in [0.15, 0.2) is 71.3 Å². The predicted octanol–water partition coefficient (Wildman–Crippen LogP) is 3.33. The molecule has 1 unspecified atom stereocenters. The summed E-state index contributed by atoms with van der Waals surface area (Å²) in [4.78, 5) is 14.2. The van der Waals surface area contributed by atoms with Crippen LogP contribution in [0.25, 0.3) is 0 Å². The molecule has 1 amide bonds. The highest BCUT2D eigenvalue weighted by molar-refractivity contribution is 6.02. The number of ether oxygens (including phenoxy) is 1. The van der Waals surface area contributed by atoms with Gasteiger partial charge in [0.05, 0.1) is 6.26 Å². The van der Waals surface area contributed by atoms with E-state index in [1.54, 1.807) is 36.4 Å². The number of carbonyl (C=O) groups is 1. The van der Waals surface area contributed by atoms with E-state index >= 15 is 0 Å². The van der Waals surface area contributed by atoms with E-state index in [2.05, 4.69) is 34.5 Å². The van der Waals surface area contributed by atoms with Crippen LogP contribution >= 0.6 is 0 Å². The van der Waals surface area contributed by atoms with Crippen molar-refractivity contribution in [1.29, 1.82) is 0 Å². The van der Waals surface area contributed by atoms with Gasteiger partial charge >= 0.3 is 0 Å². The van der Waals surface area contributed by atoms with Gasteiger partial charge in [-0.1, -0.05) is 24.3 Å². The summed E-state index contributed by atoms with van der Waals surface area (Å²) in [5.41, 5.74) is 3.37. The van der Waals surface area contributed by atoms with Crippen molar-refractivity contribution >= 4 is 11.6 Å². The summed E-state index contributed by atoms with van der Waals surface area (Å²) < 4.78 is 10.8. The fraction of sp³-hybridized carbons (Fsp3) is 0.261. The third-order valence-corrected chi connectivity index (χ3v) is 4.98. The van der Waals surface area contributed by atoms with E-state index in [9.17, 15) is 9.90 Å². The van der Waals surface area contributed by atoms with Crippen molar-refractivity contribution in [2.24, 2.45) is 0 Å². The quantitative estimate of drug-likeness (QED) is 0.645. The van der Waals surface area contributed by atoms with Gasteiger partial charge in [-0.15, -0.1) is 0 Å². The number of aliphatic hydroxyl groups excluding tert-OH is 1. The molecule has 150 valence electrons. The Morgan fingerprint density at radius 3 is 2.66 bits per heavy atom. The lowest BCUT2D eigenvalue weighted by Gasteiger charge is -2.30. The maximum atomic E-state index is 12.0. The van der Waals surface area contributed by atoms with E-state index in [0.29, 0.717) is 18.0 Å². The molecule has 1 aliphatic rings. The lowest BCUT2D eigenvalue weighted by atomic mass is 10.00. The zero-order chi connectivity index (χ0) is 20.1. The fourth-order valence-corrected chi connectivity index (χ4v) is 3.49. The van der Waals surface area contributed by atoms with E-state index in [4.69, 9.17) is 9.15 Å². The van der Waals surface area contributed by atoms with Crippen LogP contribution in [-0.2, 0) is 13.0 Å². The van der Waals surface area contributed by atoms with Crippen molar-refractivity contribution in [2.75, 3.05) is 25.0 Å².